The van der Waals surface area contributed by atoms with Crippen LogP contribution in [0.2, 0.25) is 8.67 Å². The molecule has 1 unspecified atom stereocenters. The second kappa shape index (κ2) is 5.89. The van der Waals surface area contributed by atoms with Gasteiger partial charge in [0.15, 0.2) is 0 Å². The molecule has 1 atom stereocenters. The highest BCUT2D eigenvalue weighted by Gasteiger charge is 2.36. The van der Waals surface area contributed by atoms with Gasteiger partial charge in [0.05, 0.1) is 20.3 Å². The van der Waals surface area contributed by atoms with E-state index < -0.39 is 17.8 Å². The quantitative estimate of drug-likeness (QED) is 0.869. The van der Waals surface area contributed by atoms with Crippen LogP contribution in [-0.2, 0) is 6.18 Å². The van der Waals surface area contributed by atoms with E-state index in [0.29, 0.717) is 14.2 Å². The van der Waals surface area contributed by atoms with Crippen LogP contribution in [0.1, 0.15) is 22.7 Å². The second-order valence-electron chi connectivity index (χ2n) is 3.96. The number of rotatable bonds is 3. The Hall–Kier alpha value is -0.820. The van der Waals surface area contributed by atoms with Crippen LogP contribution in [0.5, 0.6) is 0 Å². The summed E-state index contributed by atoms with van der Waals surface area (Å²) in [6.45, 7) is 0. The van der Waals surface area contributed by atoms with Crippen molar-refractivity contribution in [3.05, 3.63) is 49.9 Å². The number of thiophene rings is 1. The predicted octanol–water partition coefficient (Wildman–Crippen LogP) is 4.78. The summed E-state index contributed by atoms with van der Waals surface area (Å²) in [7, 11) is 1.56. The number of halogens is 5. The lowest BCUT2D eigenvalue weighted by molar-refractivity contribution is -0.138. The monoisotopic (exact) mass is 340 g/mol. The Balaban J connectivity index is 2.56. The number of aromatic nitrogens is 1. The Labute approximate surface area is 127 Å². The Kier molecular flexibility index (Phi) is 4.59. The topological polar surface area (TPSA) is 24.9 Å². The van der Waals surface area contributed by atoms with Crippen LogP contribution in [0.3, 0.4) is 0 Å². The minimum Gasteiger partial charge on any atom is -0.309 e. The molecule has 0 aliphatic carbocycles. The van der Waals surface area contributed by atoms with Crippen molar-refractivity contribution in [2.45, 2.75) is 12.2 Å². The largest absolute Gasteiger partial charge is 0.416 e. The lowest BCUT2D eigenvalue weighted by Crippen LogP contribution is -2.22. The third-order valence-electron chi connectivity index (χ3n) is 2.75. The Morgan fingerprint density at radius 1 is 1.30 bits per heavy atom. The predicted molar refractivity (Wildman–Crippen MR) is 74.5 cm³/mol. The van der Waals surface area contributed by atoms with E-state index in [4.69, 9.17) is 23.2 Å². The Morgan fingerprint density at radius 3 is 2.50 bits per heavy atom. The molecule has 0 aliphatic rings. The van der Waals surface area contributed by atoms with E-state index >= 15 is 0 Å². The van der Waals surface area contributed by atoms with Crippen molar-refractivity contribution < 1.29 is 13.2 Å². The van der Waals surface area contributed by atoms with E-state index in [9.17, 15) is 13.2 Å². The molecular weight excluding hydrogens is 332 g/mol. The van der Waals surface area contributed by atoms with Crippen molar-refractivity contribution in [3.63, 3.8) is 0 Å². The average molecular weight is 341 g/mol. The number of hydrogen-bond donors (Lipinski definition) is 1. The van der Waals surface area contributed by atoms with Gasteiger partial charge in [0.1, 0.15) is 0 Å². The lowest BCUT2D eigenvalue weighted by atomic mass is 9.98. The van der Waals surface area contributed by atoms with Gasteiger partial charge in [0, 0.05) is 23.5 Å². The van der Waals surface area contributed by atoms with Crippen LogP contribution in [0.25, 0.3) is 0 Å². The van der Waals surface area contributed by atoms with Gasteiger partial charge < -0.3 is 5.32 Å². The molecule has 2 heterocycles. The Bertz CT molecular complexity index is 613. The number of nitrogens with one attached hydrogen (secondary N) is 1. The first-order valence-electron chi connectivity index (χ1n) is 5.47. The highest BCUT2D eigenvalue weighted by atomic mass is 35.5. The number of alkyl halides is 3. The first kappa shape index (κ1) is 15.6. The normalized spacial score (nSPS) is 13.5. The molecule has 20 heavy (non-hydrogen) atoms. The van der Waals surface area contributed by atoms with Gasteiger partial charge in [0.2, 0.25) is 0 Å². The van der Waals surface area contributed by atoms with Gasteiger partial charge in [0.25, 0.3) is 0 Å². The summed E-state index contributed by atoms with van der Waals surface area (Å²) in [5.41, 5.74) is -0.230. The highest BCUT2D eigenvalue weighted by Crippen LogP contribution is 2.41. The van der Waals surface area contributed by atoms with Gasteiger partial charge >= 0.3 is 6.18 Å². The van der Waals surface area contributed by atoms with Gasteiger partial charge in [-0.15, -0.1) is 11.3 Å². The molecule has 0 radical (unpaired) electrons. The zero-order valence-corrected chi connectivity index (χ0v) is 12.5. The molecule has 1 N–H and O–H groups in total. The molecule has 0 saturated carbocycles. The van der Waals surface area contributed by atoms with Crippen molar-refractivity contribution in [1.82, 2.24) is 10.3 Å². The summed E-state index contributed by atoms with van der Waals surface area (Å²) in [6.07, 6.45) is -2.16. The van der Waals surface area contributed by atoms with Crippen molar-refractivity contribution in [3.8, 4) is 0 Å². The third kappa shape index (κ3) is 3.09. The van der Waals surface area contributed by atoms with Crippen LogP contribution in [-0.4, -0.2) is 12.0 Å². The first-order valence-corrected chi connectivity index (χ1v) is 7.05. The van der Waals surface area contributed by atoms with E-state index in [1.807, 2.05) is 0 Å². The van der Waals surface area contributed by atoms with Gasteiger partial charge in [-0.3, -0.25) is 4.98 Å². The molecule has 0 saturated heterocycles. The fourth-order valence-corrected chi connectivity index (χ4v) is 3.46. The second-order valence-corrected chi connectivity index (χ2v) is 6.25. The standard InChI is InChI=1S/C12H9Cl2F3N2S/c1-18-10(6-4-9(13)20-11(6)14)7-5-19-3-2-8(7)12(15,16)17/h2-5,10,18H,1H3. The molecule has 2 rings (SSSR count). The van der Waals surface area contributed by atoms with Crippen LogP contribution in [0.15, 0.2) is 24.5 Å². The summed E-state index contributed by atoms with van der Waals surface area (Å²) < 4.78 is 39.9. The zero-order valence-electron chi connectivity index (χ0n) is 10.1. The van der Waals surface area contributed by atoms with E-state index in [1.165, 1.54) is 6.20 Å². The fourth-order valence-electron chi connectivity index (χ4n) is 1.92. The van der Waals surface area contributed by atoms with E-state index in [-0.39, 0.29) is 5.56 Å². The summed E-state index contributed by atoms with van der Waals surface area (Å²) >= 11 is 13.0. The maximum atomic E-state index is 13.1. The van der Waals surface area contributed by atoms with Crippen LogP contribution < -0.4 is 5.32 Å². The number of hydrogen-bond acceptors (Lipinski definition) is 3. The number of nitrogens with zero attached hydrogens (tertiary/aromatic N) is 1. The lowest BCUT2D eigenvalue weighted by Gasteiger charge is -2.20. The first-order chi connectivity index (χ1) is 9.34. The molecule has 0 amide bonds. The summed E-state index contributed by atoms with van der Waals surface area (Å²) in [5, 5.41) is 2.82. The van der Waals surface area contributed by atoms with E-state index in [1.54, 1.807) is 13.1 Å². The minimum absolute atomic E-state index is 0.0128. The molecule has 2 aromatic rings. The highest BCUT2D eigenvalue weighted by molar-refractivity contribution is 7.20. The minimum atomic E-state index is -4.46. The molecule has 108 valence electrons. The molecule has 0 spiro atoms. The fraction of sp³-hybridized carbons (Fsp3) is 0.250. The van der Waals surface area contributed by atoms with E-state index in [0.717, 1.165) is 23.6 Å². The molecule has 0 aromatic carbocycles. The Morgan fingerprint density at radius 2 is 2.00 bits per heavy atom. The SMILES string of the molecule is CNC(c1cnccc1C(F)(F)F)c1cc(Cl)sc1Cl. The molecule has 0 aliphatic heterocycles. The van der Waals surface area contributed by atoms with Gasteiger partial charge in [-0.2, -0.15) is 13.2 Å². The van der Waals surface area contributed by atoms with Crippen molar-refractivity contribution in [1.29, 1.82) is 0 Å². The van der Waals surface area contributed by atoms with Gasteiger partial charge in [-0.25, -0.2) is 0 Å². The summed E-state index contributed by atoms with van der Waals surface area (Å²) in [5.74, 6) is 0. The molecule has 0 fully saturated rings. The van der Waals surface area contributed by atoms with Crippen LogP contribution >= 0.6 is 34.5 Å². The summed E-state index contributed by atoms with van der Waals surface area (Å²) in [6, 6.07) is 1.78. The molecule has 0 bridgehead atoms. The summed E-state index contributed by atoms with van der Waals surface area (Å²) in [4.78, 5) is 3.78. The molecule has 2 nitrogen and oxygen atoms in total. The maximum Gasteiger partial charge on any atom is 0.416 e. The van der Waals surface area contributed by atoms with Crippen molar-refractivity contribution in [2.24, 2.45) is 0 Å². The number of pyridine rings is 1. The van der Waals surface area contributed by atoms with Crippen LogP contribution in [0, 0.1) is 0 Å². The van der Waals surface area contributed by atoms with Crippen LogP contribution in [0.4, 0.5) is 13.2 Å². The maximum absolute atomic E-state index is 13.1. The zero-order chi connectivity index (χ0) is 14.9. The molecular formula is C12H9Cl2F3N2S. The molecule has 8 heteroatoms. The van der Waals surface area contributed by atoms with Gasteiger partial charge in [-0.1, -0.05) is 23.2 Å². The third-order valence-corrected chi connectivity index (χ3v) is 4.27. The molecule has 2 aromatic heterocycles. The van der Waals surface area contributed by atoms with Crippen molar-refractivity contribution in [2.75, 3.05) is 7.05 Å². The van der Waals surface area contributed by atoms with Gasteiger partial charge in [-0.05, 0) is 19.2 Å². The smallest absolute Gasteiger partial charge is 0.309 e. The van der Waals surface area contributed by atoms with E-state index in [2.05, 4.69) is 10.3 Å². The average Bonchev–Trinajstić information content (AvgIpc) is 2.69. The van der Waals surface area contributed by atoms with Crippen molar-refractivity contribution >= 4 is 34.5 Å².